The van der Waals surface area contributed by atoms with Gasteiger partial charge in [0.15, 0.2) is 5.76 Å². The number of fused-ring (bicyclic) bond motifs is 1. The third-order valence-corrected chi connectivity index (χ3v) is 5.40. The molecule has 1 fully saturated rings. The number of nitro groups is 1. The summed E-state index contributed by atoms with van der Waals surface area (Å²) in [5.41, 5.74) is 1.68. The molecule has 0 bridgehead atoms. The van der Waals surface area contributed by atoms with Crippen molar-refractivity contribution in [3.05, 3.63) is 69.0 Å². The van der Waals surface area contributed by atoms with Crippen LogP contribution in [0.5, 0.6) is 11.5 Å². The SMILES string of the molecule is O=C1/C(=C\c2ccc([N+](=O)[O-])cc2)Oc2c1ccc(O)c2CN1CCCCCC1. The van der Waals surface area contributed by atoms with Gasteiger partial charge in [0.1, 0.15) is 11.5 Å². The maximum atomic E-state index is 12.8. The lowest BCUT2D eigenvalue weighted by Crippen LogP contribution is -2.24. The lowest BCUT2D eigenvalue weighted by Gasteiger charge is -2.21. The number of hydrogen-bond acceptors (Lipinski definition) is 6. The normalized spacial score (nSPS) is 18.3. The van der Waals surface area contributed by atoms with Crippen LogP contribution < -0.4 is 4.74 Å². The number of aromatic hydroxyl groups is 1. The number of ketones is 1. The van der Waals surface area contributed by atoms with Crippen molar-refractivity contribution in [1.29, 1.82) is 0 Å². The summed E-state index contributed by atoms with van der Waals surface area (Å²) in [6, 6.07) is 9.03. The van der Waals surface area contributed by atoms with Crippen LogP contribution in [0.2, 0.25) is 0 Å². The summed E-state index contributed by atoms with van der Waals surface area (Å²) in [6.07, 6.45) is 6.25. The average Bonchev–Trinajstić information content (AvgIpc) is 2.87. The standard InChI is InChI=1S/C22H22N2O5/c25-19-10-9-17-21(26)20(13-15-5-7-16(8-6-15)24(27)28)29-22(17)18(19)14-23-11-3-1-2-4-12-23/h5-10,13,25H,1-4,11-12,14H2/b20-13+. The molecule has 2 aromatic carbocycles. The highest BCUT2D eigenvalue weighted by atomic mass is 16.6. The van der Waals surface area contributed by atoms with Crippen LogP contribution in [0.3, 0.4) is 0 Å². The predicted molar refractivity (Wildman–Crippen MR) is 108 cm³/mol. The zero-order valence-electron chi connectivity index (χ0n) is 16.0. The molecule has 29 heavy (non-hydrogen) atoms. The summed E-state index contributed by atoms with van der Waals surface area (Å²) in [7, 11) is 0. The molecule has 0 unspecified atom stereocenters. The summed E-state index contributed by atoms with van der Waals surface area (Å²) in [6.45, 7) is 2.46. The van der Waals surface area contributed by atoms with Crippen molar-refractivity contribution in [3.63, 3.8) is 0 Å². The maximum absolute atomic E-state index is 12.8. The number of likely N-dealkylation sites (tertiary alicyclic amines) is 1. The number of non-ortho nitro benzene ring substituents is 1. The van der Waals surface area contributed by atoms with Crippen LogP contribution in [-0.2, 0) is 6.54 Å². The third kappa shape index (κ3) is 4.00. The first-order valence-electron chi connectivity index (χ1n) is 9.79. The summed E-state index contributed by atoms with van der Waals surface area (Å²) in [5, 5.41) is 21.2. The van der Waals surface area contributed by atoms with E-state index in [1.165, 1.54) is 25.0 Å². The molecule has 2 heterocycles. The van der Waals surface area contributed by atoms with Crippen LogP contribution in [0.25, 0.3) is 6.08 Å². The second-order valence-electron chi connectivity index (χ2n) is 7.42. The van der Waals surface area contributed by atoms with Crippen LogP contribution in [0, 0.1) is 10.1 Å². The first kappa shape index (κ1) is 19.1. The average molecular weight is 394 g/mol. The number of nitrogens with zero attached hydrogens (tertiary/aromatic N) is 2. The fraction of sp³-hybridized carbons (Fsp3) is 0.318. The smallest absolute Gasteiger partial charge is 0.269 e. The molecule has 0 aliphatic carbocycles. The zero-order chi connectivity index (χ0) is 20.4. The molecule has 2 aliphatic rings. The predicted octanol–water partition coefficient (Wildman–Crippen LogP) is 4.29. The largest absolute Gasteiger partial charge is 0.507 e. The van der Waals surface area contributed by atoms with Gasteiger partial charge in [-0.15, -0.1) is 0 Å². The fourth-order valence-corrected chi connectivity index (χ4v) is 3.81. The molecular formula is C22H22N2O5. The first-order chi connectivity index (χ1) is 14.0. The molecule has 0 atom stereocenters. The number of benzene rings is 2. The highest BCUT2D eigenvalue weighted by Crippen LogP contribution is 2.40. The topological polar surface area (TPSA) is 92.9 Å². The van der Waals surface area contributed by atoms with Gasteiger partial charge in [-0.25, -0.2) is 0 Å². The highest BCUT2D eigenvalue weighted by molar-refractivity contribution is 6.15. The Balaban J connectivity index is 1.61. The molecular weight excluding hydrogens is 372 g/mol. The summed E-state index contributed by atoms with van der Waals surface area (Å²) in [4.78, 5) is 25.4. The van der Waals surface area contributed by atoms with Crippen LogP contribution >= 0.6 is 0 Å². The van der Waals surface area contributed by atoms with E-state index in [0.717, 1.165) is 25.9 Å². The number of rotatable bonds is 4. The Morgan fingerprint density at radius 2 is 1.76 bits per heavy atom. The van der Waals surface area contributed by atoms with Crippen molar-refractivity contribution in [2.24, 2.45) is 0 Å². The highest BCUT2D eigenvalue weighted by Gasteiger charge is 2.31. The van der Waals surface area contributed by atoms with Gasteiger partial charge in [0.2, 0.25) is 5.78 Å². The van der Waals surface area contributed by atoms with Crippen molar-refractivity contribution in [3.8, 4) is 11.5 Å². The van der Waals surface area contributed by atoms with Gasteiger partial charge in [0, 0.05) is 18.7 Å². The Morgan fingerprint density at radius 3 is 2.41 bits per heavy atom. The molecule has 0 radical (unpaired) electrons. The number of allylic oxidation sites excluding steroid dienone is 1. The minimum Gasteiger partial charge on any atom is -0.507 e. The van der Waals surface area contributed by atoms with E-state index < -0.39 is 4.92 Å². The molecule has 0 amide bonds. The Hall–Kier alpha value is -3.19. The van der Waals surface area contributed by atoms with Crippen molar-refractivity contribution in [2.75, 3.05) is 13.1 Å². The fourth-order valence-electron chi connectivity index (χ4n) is 3.81. The number of carbonyl (C=O) groups excluding carboxylic acids is 1. The maximum Gasteiger partial charge on any atom is 0.269 e. The third-order valence-electron chi connectivity index (χ3n) is 5.40. The van der Waals surface area contributed by atoms with E-state index in [1.54, 1.807) is 30.3 Å². The van der Waals surface area contributed by atoms with E-state index in [-0.39, 0.29) is 23.0 Å². The van der Waals surface area contributed by atoms with Crippen LogP contribution in [0.1, 0.15) is 47.2 Å². The second-order valence-corrected chi connectivity index (χ2v) is 7.42. The minimum absolute atomic E-state index is 0.0150. The molecule has 0 aromatic heterocycles. The van der Waals surface area contributed by atoms with Crippen LogP contribution in [0.4, 0.5) is 5.69 Å². The van der Waals surface area contributed by atoms with Crippen molar-refractivity contribution in [1.82, 2.24) is 4.90 Å². The van der Waals surface area contributed by atoms with E-state index in [4.69, 9.17) is 4.74 Å². The molecule has 2 aromatic rings. The van der Waals surface area contributed by atoms with Gasteiger partial charge in [-0.1, -0.05) is 12.8 Å². The first-order valence-corrected chi connectivity index (χ1v) is 9.79. The minimum atomic E-state index is -0.470. The summed E-state index contributed by atoms with van der Waals surface area (Å²) in [5.74, 6) is 0.428. The molecule has 0 spiro atoms. The molecule has 1 N–H and O–H groups in total. The zero-order valence-corrected chi connectivity index (χ0v) is 16.0. The molecule has 1 saturated heterocycles. The van der Waals surface area contributed by atoms with E-state index in [0.29, 0.717) is 29.0 Å². The van der Waals surface area contributed by atoms with E-state index in [1.807, 2.05) is 0 Å². The van der Waals surface area contributed by atoms with Gasteiger partial charge < -0.3 is 9.84 Å². The summed E-state index contributed by atoms with van der Waals surface area (Å²) >= 11 is 0. The number of hydrogen-bond donors (Lipinski definition) is 1. The van der Waals surface area contributed by atoms with E-state index in [9.17, 15) is 20.0 Å². The lowest BCUT2D eigenvalue weighted by molar-refractivity contribution is -0.384. The van der Waals surface area contributed by atoms with E-state index >= 15 is 0 Å². The van der Waals surface area contributed by atoms with Crippen molar-refractivity contribution in [2.45, 2.75) is 32.2 Å². The lowest BCUT2D eigenvalue weighted by atomic mass is 10.0. The summed E-state index contributed by atoms with van der Waals surface area (Å²) < 4.78 is 5.88. The number of phenolic OH excluding ortho intramolecular Hbond substituents is 1. The van der Waals surface area contributed by atoms with E-state index in [2.05, 4.69) is 4.90 Å². The van der Waals surface area contributed by atoms with Crippen LogP contribution in [-0.4, -0.2) is 33.8 Å². The van der Waals surface area contributed by atoms with Crippen LogP contribution in [0.15, 0.2) is 42.2 Å². The Bertz CT molecular complexity index is 973. The molecule has 7 nitrogen and oxygen atoms in total. The van der Waals surface area contributed by atoms with Gasteiger partial charge in [0.25, 0.3) is 5.69 Å². The molecule has 0 saturated carbocycles. The molecule has 4 rings (SSSR count). The Morgan fingerprint density at radius 1 is 1.07 bits per heavy atom. The second kappa shape index (κ2) is 8.05. The van der Waals surface area contributed by atoms with Gasteiger partial charge in [-0.3, -0.25) is 19.8 Å². The van der Waals surface area contributed by atoms with Gasteiger partial charge in [-0.2, -0.15) is 0 Å². The monoisotopic (exact) mass is 394 g/mol. The number of phenols is 1. The number of carbonyl (C=O) groups is 1. The number of nitro benzene ring substituents is 1. The van der Waals surface area contributed by atoms with Gasteiger partial charge >= 0.3 is 0 Å². The Kier molecular flexibility index (Phi) is 5.31. The quantitative estimate of drug-likeness (QED) is 0.472. The Labute approximate surface area is 168 Å². The molecule has 150 valence electrons. The van der Waals surface area contributed by atoms with Gasteiger partial charge in [-0.05, 0) is 61.8 Å². The number of Topliss-reactive ketones (excluding diaryl/α,β-unsaturated/α-hetero) is 1. The van der Waals surface area contributed by atoms with Gasteiger partial charge in [0.05, 0.1) is 16.1 Å². The van der Waals surface area contributed by atoms with Crippen molar-refractivity contribution < 1.29 is 19.6 Å². The molecule has 2 aliphatic heterocycles. The molecule has 7 heteroatoms. The number of ether oxygens (including phenoxy) is 1. The van der Waals surface area contributed by atoms with Crippen molar-refractivity contribution >= 4 is 17.5 Å².